The molecule has 1 heteroatoms. The third-order valence-corrected chi connectivity index (χ3v) is 1.41. The minimum absolute atomic E-state index is 1.23. The summed E-state index contributed by atoms with van der Waals surface area (Å²) in [6.45, 7) is 0. The van der Waals surface area contributed by atoms with Crippen molar-refractivity contribution in [3.63, 3.8) is 0 Å². The molecule has 0 spiro atoms. The summed E-state index contributed by atoms with van der Waals surface area (Å²) in [6.07, 6.45) is 4.03. The van der Waals surface area contributed by atoms with E-state index in [1.807, 2.05) is 29.2 Å². The normalized spacial score (nSPS) is 10.0. The van der Waals surface area contributed by atoms with Crippen molar-refractivity contribution in [1.29, 1.82) is 0 Å². The minimum atomic E-state index is 1.23. The van der Waals surface area contributed by atoms with Gasteiger partial charge >= 0.3 is 68.8 Å². The third kappa shape index (κ3) is 2.31. The van der Waals surface area contributed by atoms with Crippen molar-refractivity contribution in [2.24, 2.45) is 0 Å². The van der Waals surface area contributed by atoms with Gasteiger partial charge in [-0.2, -0.15) is 0 Å². The molecule has 0 aliphatic heterocycles. The average Bonchev–Trinajstić information content (AvgIpc) is 2.03. The molecule has 1 aromatic carbocycles. The van der Waals surface area contributed by atoms with Crippen LogP contribution in [0.1, 0.15) is 5.56 Å². The topological polar surface area (TPSA) is 0 Å². The molecule has 50 valence electrons. The van der Waals surface area contributed by atoms with Gasteiger partial charge in [0.05, 0.1) is 0 Å². The molecular weight excluding hydrogens is 160 g/mol. The summed E-state index contributed by atoms with van der Waals surface area (Å²) in [5.74, 6) is 0. The molecule has 1 rings (SSSR count). The van der Waals surface area contributed by atoms with E-state index >= 15 is 0 Å². The summed E-state index contributed by atoms with van der Waals surface area (Å²) < 4.78 is 0. The first-order valence-corrected chi connectivity index (χ1v) is 3.84. The predicted octanol–water partition coefficient (Wildman–Crippen LogP) is 2.05. The molecule has 0 fully saturated rings. The number of allylic oxidation sites excluding steroid dienone is 1. The van der Waals surface area contributed by atoms with Crippen LogP contribution in [0.25, 0.3) is 6.08 Å². The van der Waals surface area contributed by atoms with E-state index in [0.717, 1.165) is 0 Å². The van der Waals surface area contributed by atoms with Crippen molar-refractivity contribution in [2.75, 3.05) is 0 Å². The summed E-state index contributed by atoms with van der Waals surface area (Å²) >= 11 is 2.80. The predicted molar refractivity (Wildman–Crippen MR) is 41.5 cm³/mol. The zero-order valence-corrected chi connectivity index (χ0v) is 6.80. The molecule has 0 heterocycles. The number of rotatable bonds is 2. The zero-order chi connectivity index (χ0) is 7.23. The zero-order valence-electron chi connectivity index (χ0n) is 5.53. The van der Waals surface area contributed by atoms with Gasteiger partial charge in [-0.25, -0.2) is 0 Å². The molecule has 0 amide bonds. The Kier molecular flexibility index (Phi) is 3.15. The standard InChI is InChI=1S/C9H8.Cr/c1-2-6-9-7-4-3-5-8-9;/h1-8H;. The van der Waals surface area contributed by atoms with E-state index < -0.39 is 0 Å². The van der Waals surface area contributed by atoms with Crippen molar-refractivity contribution < 1.29 is 15.9 Å². The average molecular weight is 168 g/mol. The van der Waals surface area contributed by atoms with Crippen LogP contribution >= 0.6 is 0 Å². The SMILES string of the molecule is [Cr]=[CH]C=Cc1ccccc1. The van der Waals surface area contributed by atoms with Gasteiger partial charge in [-0.1, -0.05) is 0 Å². The summed E-state index contributed by atoms with van der Waals surface area (Å²) in [7, 11) is 0. The third-order valence-electron chi connectivity index (χ3n) is 1.17. The van der Waals surface area contributed by atoms with E-state index in [4.69, 9.17) is 0 Å². The van der Waals surface area contributed by atoms with E-state index in [-0.39, 0.29) is 0 Å². The fourth-order valence-corrected chi connectivity index (χ4v) is 0.837. The molecule has 10 heavy (non-hydrogen) atoms. The summed E-state index contributed by atoms with van der Waals surface area (Å²) in [4.78, 5) is 1.90. The monoisotopic (exact) mass is 168 g/mol. The summed E-state index contributed by atoms with van der Waals surface area (Å²) in [5.41, 5.74) is 1.23. The molecule has 0 bridgehead atoms. The Morgan fingerprint density at radius 3 is 2.40 bits per heavy atom. The number of hydrogen-bond donors (Lipinski definition) is 0. The fraction of sp³-hybridized carbons (Fsp3) is 0. The van der Waals surface area contributed by atoms with E-state index in [1.165, 1.54) is 5.56 Å². The van der Waals surface area contributed by atoms with E-state index in [9.17, 15) is 0 Å². The van der Waals surface area contributed by atoms with Crippen LogP contribution in [0.3, 0.4) is 0 Å². The van der Waals surface area contributed by atoms with Gasteiger partial charge in [0, 0.05) is 0 Å². The second-order valence-electron chi connectivity index (χ2n) is 1.91. The molecule has 0 radical (unpaired) electrons. The number of hydrogen-bond acceptors (Lipinski definition) is 0. The second kappa shape index (κ2) is 4.22. The Morgan fingerprint density at radius 2 is 1.80 bits per heavy atom. The van der Waals surface area contributed by atoms with Gasteiger partial charge in [0.1, 0.15) is 0 Å². The Morgan fingerprint density at radius 1 is 1.10 bits per heavy atom. The first-order valence-electron chi connectivity index (χ1n) is 3.10. The van der Waals surface area contributed by atoms with Crippen LogP contribution in [0.5, 0.6) is 0 Å². The summed E-state index contributed by atoms with van der Waals surface area (Å²) in [5, 5.41) is 0. The van der Waals surface area contributed by atoms with Crippen molar-refractivity contribution in [3.8, 4) is 0 Å². The van der Waals surface area contributed by atoms with Gasteiger partial charge < -0.3 is 0 Å². The Bertz CT molecular complexity index is 224. The van der Waals surface area contributed by atoms with Crippen molar-refractivity contribution in [2.45, 2.75) is 0 Å². The van der Waals surface area contributed by atoms with Crippen LogP contribution in [0, 0.1) is 0 Å². The van der Waals surface area contributed by atoms with E-state index in [1.54, 1.807) is 0 Å². The molecule has 0 saturated heterocycles. The number of benzene rings is 1. The molecule has 1 aromatic rings. The van der Waals surface area contributed by atoms with Crippen LogP contribution in [0.15, 0.2) is 36.4 Å². The van der Waals surface area contributed by atoms with Gasteiger partial charge in [-0.3, -0.25) is 0 Å². The first kappa shape index (κ1) is 7.47. The van der Waals surface area contributed by atoms with E-state index in [0.29, 0.717) is 0 Å². The second-order valence-corrected chi connectivity index (χ2v) is 2.33. The van der Waals surface area contributed by atoms with Crippen molar-refractivity contribution in [3.05, 3.63) is 42.0 Å². The Labute approximate surface area is 69.2 Å². The molecular formula is C9H8Cr. The quantitative estimate of drug-likeness (QED) is 0.634. The molecule has 0 nitrogen and oxygen atoms in total. The van der Waals surface area contributed by atoms with Gasteiger partial charge in [-0.05, 0) is 0 Å². The van der Waals surface area contributed by atoms with Gasteiger partial charge in [0.25, 0.3) is 0 Å². The van der Waals surface area contributed by atoms with Crippen LogP contribution in [-0.2, 0) is 15.9 Å². The van der Waals surface area contributed by atoms with Crippen LogP contribution < -0.4 is 0 Å². The van der Waals surface area contributed by atoms with Gasteiger partial charge in [-0.15, -0.1) is 0 Å². The van der Waals surface area contributed by atoms with Gasteiger partial charge in [0.15, 0.2) is 0 Å². The Balaban J connectivity index is 2.76. The molecule has 0 aromatic heterocycles. The maximum absolute atomic E-state index is 2.80. The van der Waals surface area contributed by atoms with Crippen molar-refractivity contribution in [1.82, 2.24) is 0 Å². The molecule has 0 atom stereocenters. The molecule has 0 aliphatic rings. The summed E-state index contributed by atoms with van der Waals surface area (Å²) in [6, 6.07) is 10.2. The van der Waals surface area contributed by atoms with Crippen LogP contribution in [-0.4, -0.2) is 4.88 Å². The van der Waals surface area contributed by atoms with Crippen LogP contribution in [0.2, 0.25) is 0 Å². The first-order chi connectivity index (χ1) is 4.93. The van der Waals surface area contributed by atoms with Crippen LogP contribution in [0.4, 0.5) is 0 Å². The van der Waals surface area contributed by atoms with E-state index in [2.05, 4.69) is 34.1 Å². The molecule has 0 aliphatic carbocycles. The Hall–Kier alpha value is -0.638. The molecule has 0 unspecified atom stereocenters. The maximum atomic E-state index is 2.80. The van der Waals surface area contributed by atoms with Crippen molar-refractivity contribution >= 4 is 11.0 Å². The fourth-order valence-electron chi connectivity index (χ4n) is 0.715. The molecule has 0 N–H and O–H groups in total. The van der Waals surface area contributed by atoms with Gasteiger partial charge in [0.2, 0.25) is 0 Å². The molecule has 0 saturated carbocycles.